The Balaban J connectivity index is 2.60. The maximum absolute atomic E-state index is 11.2. The van der Waals surface area contributed by atoms with Gasteiger partial charge >= 0.3 is 5.97 Å². The molecule has 6 heteroatoms. The molecule has 1 rings (SSSR count). The summed E-state index contributed by atoms with van der Waals surface area (Å²) in [6.07, 6.45) is -0.677. The van der Waals surface area contributed by atoms with E-state index in [1.54, 1.807) is 6.92 Å². The van der Waals surface area contributed by atoms with E-state index in [9.17, 15) is 14.4 Å². The van der Waals surface area contributed by atoms with Gasteiger partial charge in [0.15, 0.2) is 0 Å². The lowest BCUT2D eigenvalue weighted by Gasteiger charge is -2.43. The molecule has 0 saturated carbocycles. The minimum Gasteiger partial charge on any atom is -0.439 e. The molecule has 2 amide bonds. The van der Waals surface area contributed by atoms with E-state index >= 15 is 0 Å². The summed E-state index contributed by atoms with van der Waals surface area (Å²) in [5, 5.41) is 1.02. The first-order valence-electron chi connectivity index (χ1n) is 4.21. The Kier molecular flexibility index (Phi) is 2.73. The molecule has 1 fully saturated rings. The monoisotopic (exact) mass is 200 g/mol. The van der Waals surface area contributed by atoms with E-state index < -0.39 is 18.1 Å². The lowest BCUT2D eigenvalue weighted by atomic mass is 10.0. The maximum Gasteiger partial charge on any atom is 0.304 e. The lowest BCUT2D eigenvalue weighted by Crippen LogP contribution is -2.67. The predicted molar refractivity (Wildman–Crippen MR) is 45.4 cm³/mol. The van der Waals surface area contributed by atoms with Crippen molar-refractivity contribution in [2.45, 2.75) is 27.0 Å². The zero-order valence-corrected chi connectivity index (χ0v) is 8.23. The fraction of sp³-hybridized carbons (Fsp3) is 0.625. The number of ether oxygens (including phenoxy) is 1. The number of hydrogen-bond donors (Lipinski definition) is 1. The molecule has 0 bridgehead atoms. The van der Waals surface area contributed by atoms with Crippen LogP contribution in [-0.2, 0) is 19.1 Å². The van der Waals surface area contributed by atoms with Crippen LogP contribution in [0.4, 0.5) is 0 Å². The van der Waals surface area contributed by atoms with E-state index in [1.165, 1.54) is 13.8 Å². The van der Waals surface area contributed by atoms with Gasteiger partial charge in [-0.15, -0.1) is 0 Å². The largest absolute Gasteiger partial charge is 0.439 e. The van der Waals surface area contributed by atoms with Crippen molar-refractivity contribution in [1.82, 2.24) is 10.4 Å². The van der Waals surface area contributed by atoms with Crippen molar-refractivity contribution >= 4 is 17.8 Å². The average Bonchev–Trinajstić information content (AvgIpc) is 2.09. The van der Waals surface area contributed by atoms with E-state index in [2.05, 4.69) is 5.43 Å². The number of amides is 2. The first kappa shape index (κ1) is 10.5. The predicted octanol–water partition coefficient (Wildman–Crippen LogP) is -0.595. The molecule has 0 aromatic carbocycles. The third-order valence-corrected chi connectivity index (χ3v) is 1.87. The highest BCUT2D eigenvalue weighted by atomic mass is 16.6. The molecule has 0 aromatic rings. The van der Waals surface area contributed by atoms with Crippen LogP contribution < -0.4 is 5.43 Å². The Morgan fingerprint density at radius 3 is 2.43 bits per heavy atom. The molecule has 0 aromatic heterocycles. The summed E-state index contributed by atoms with van der Waals surface area (Å²) >= 11 is 0. The van der Waals surface area contributed by atoms with E-state index in [-0.39, 0.29) is 11.8 Å². The van der Waals surface area contributed by atoms with Gasteiger partial charge in [0.05, 0.1) is 5.92 Å². The summed E-state index contributed by atoms with van der Waals surface area (Å²) in [7, 11) is 0. The molecule has 2 atom stereocenters. The second-order valence-corrected chi connectivity index (χ2v) is 3.16. The molecular formula is C8H12N2O4. The number of nitrogens with one attached hydrogen (secondary N) is 1. The van der Waals surface area contributed by atoms with Crippen molar-refractivity contribution in [1.29, 1.82) is 0 Å². The van der Waals surface area contributed by atoms with Gasteiger partial charge in [-0.05, 0) is 6.92 Å². The van der Waals surface area contributed by atoms with Crippen molar-refractivity contribution in [2.24, 2.45) is 5.92 Å². The second kappa shape index (κ2) is 3.65. The number of hydrazine groups is 1. The Morgan fingerprint density at radius 2 is 2.00 bits per heavy atom. The summed E-state index contributed by atoms with van der Waals surface area (Å²) in [6, 6.07) is 0. The Morgan fingerprint density at radius 1 is 1.43 bits per heavy atom. The van der Waals surface area contributed by atoms with Crippen molar-refractivity contribution in [3.8, 4) is 0 Å². The van der Waals surface area contributed by atoms with Gasteiger partial charge in [-0.25, -0.2) is 5.01 Å². The molecule has 0 radical (unpaired) electrons. The van der Waals surface area contributed by atoms with E-state index in [0.717, 1.165) is 5.01 Å². The summed E-state index contributed by atoms with van der Waals surface area (Å²) in [5.41, 5.74) is 2.28. The smallest absolute Gasteiger partial charge is 0.304 e. The highest BCUT2D eigenvalue weighted by Crippen LogP contribution is 2.24. The standard InChI is InChI=1S/C8H12N2O4/c1-4-7(13)10(9-5(2)11)8(4)14-6(3)12/h4,8H,1-3H3,(H,9,11). The van der Waals surface area contributed by atoms with Gasteiger partial charge in [0.1, 0.15) is 0 Å². The van der Waals surface area contributed by atoms with Crippen LogP contribution in [0.15, 0.2) is 0 Å². The number of esters is 1. The first-order chi connectivity index (χ1) is 6.43. The highest BCUT2D eigenvalue weighted by molar-refractivity contribution is 5.88. The van der Waals surface area contributed by atoms with Crippen LogP contribution in [0.5, 0.6) is 0 Å². The normalized spacial score (nSPS) is 25.4. The SMILES string of the molecule is CC(=O)NN1C(=O)C(C)C1OC(C)=O. The van der Waals surface area contributed by atoms with Gasteiger partial charge < -0.3 is 4.74 Å². The lowest BCUT2D eigenvalue weighted by molar-refractivity contribution is -0.205. The molecule has 1 aliphatic rings. The molecule has 1 N–H and O–H groups in total. The van der Waals surface area contributed by atoms with Gasteiger partial charge in [0.25, 0.3) is 5.91 Å². The summed E-state index contributed by atoms with van der Waals surface area (Å²) in [5.74, 6) is -1.51. The Labute approximate surface area is 81.2 Å². The number of carbonyl (C=O) groups excluding carboxylic acids is 3. The minimum absolute atomic E-state index is 0.258. The first-order valence-corrected chi connectivity index (χ1v) is 4.21. The van der Waals surface area contributed by atoms with Crippen LogP contribution in [0, 0.1) is 5.92 Å². The summed E-state index contributed by atoms with van der Waals surface area (Å²) in [6.45, 7) is 4.16. The highest BCUT2D eigenvalue weighted by Gasteiger charge is 2.47. The summed E-state index contributed by atoms with van der Waals surface area (Å²) in [4.78, 5) is 32.6. The van der Waals surface area contributed by atoms with Gasteiger partial charge in [0, 0.05) is 13.8 Å². The fourth-order valence-electron chi connectivity index (χ4n) is 1.22. The van der Waals surface area contributed by atoms with Crippen LogP contribution in [0.25, 0.3) is 0 Å². The van der Waals surface area contributed by atoms with Crippen LogP contribution in [0.2, 0.25) is 0 Å². The van der Waals surface area contributed by atoms with Crippen LogP contribution in [0.3, 0.4) is 0 Å². The molecule has 1 aliphatic heterocycles. The number of rotatable bonds is 2. The fourth-order valence-corrected chi connectivity index (χ4v) is 1.22. The number of nitrogens with zero attached hydrogens (tertiary/aromatic N) is 1. The topological polar surface area (TPSA) is 75.7 Å². The van der Waals surface area contributed by atoms with Crippen LogP contribution in [-0.4, -0.2) is 29.0 Å². The maximum atomic E-state index is 11.2. The molecule has 1 heterocycles. The van der Waals surface area contributed by atoms with Crippen molar-refractivity contribution < 1.29 is 19.1 Å². The molecule has 78 valence electrons. The second-order valence-electron chi connectivity index (χ2n) is 3.16. The van der Waals surface area contributed by atoms with Crippen molar-refractivity contribution in [3.63, 3.8) is 0 Å². The van der Waals surface area contributed by atoms with Gasteiger partial charge in [0.2, 0.25) is 12.1 Å². The van der Waals surface area contributed by atoms with Gasteiger partial charge in [-0.1, -0.05) is 0 Å². The van der Waals surface area contributed by atoms with Gasteiger partial charge in [-0.3, -0.25) is 19.8 Å². The number of β-lactam (4-membered cyclic amide) rings is 1. The third-order valence-electron chi connectivity index (χ3n) is 1.87. The zero-order valence-electron chi connectivity index (χ0n) is 8.23. The average molecular weight is 200 g/mol. The van der Waals surface area contributed by atoms with E-state index in [4.69, 9.17) is 4.74 Å². The Hall–Kier alpha value is -1.59. The van der Waals surface area contributed by atoms with Crippen LogP contribution >= 0.6 is 0 Å². The van der Waals surface area contributed by atoms with Crippen LogP contribution in [0.1, 0.15) is 20.8 Å². The minimum atomic E-state index is -0.677. The van der Waals surface area contributed by atoms with Crippen molar-refractivity contribution in [3.05, 3.63) is 0 Å². The molecule has 0 spiro atoms. The molecule has 2 unspecified atom stereocenters. The number of carbonyl (C=O) groups is 3. The molecule has 1 saturated heterocycles. The third kappa shape index (κ3) is 1.84. The zero-order chi connectivity index (χ0) is 10.9. The van der Waals surface area contributed by atoms with Crippen molar-refractivity contribution in [2.75, 3.05) is 0 Å². The van der Waals surface area contributed by atoms with E-state index in [0.29, 0.717) is 0 Å². The summed E-state index contributed by atoms with van der Waals surface area (Å²) < 4.78 is 4.83. The van der Waals surface area contributed by atoms with E-state index in [1.807, 2.05) is 0 Å². The molecule has 0 aliphatic carbocycles. The molecule has 6 nitrogen and oxygen atoms in total. The quantitative estimate of drug-likeness (QED) is 0.477. The van der Waals surface area contributed by atoms with Gasteiger partial charge in [-0.2, -0.15) is 0 Å². The Bertz CT molecular complexity index is 289. The number of hydrogen-bond acceptors (Lipinski definition) is 4. The molecule has 14 heavy (non-hydrogen) atoms. The molecular weight excluding hydrogens is 188 g/mol.